The zero-order chi connectivity index (χ0) is 9.56. The van der Waals surface area contributed by atoms with E-state index in [0.717, 1.165) is 11.8 Å². The highest BCUT2D eigenvalue weighted by atomic mass is 32.2. The van der Waals surface area contributed by atoms with E-state index in [-0.39, 0.29) is 11.7 Å². The summed E-state index contributed by atoms with van der Waals surface area (Å²) in [5, 5.41) is 7.90. The number of ether oxygens (including phenoxy) is 1. The molecule has 0 fully saturated rings. The fourth-order valence-corrected chi connectivity index (χ4v) is 1.12. The summed E-state index contributed by atoms with van der Waals surface area (Å²) in [5.74, 6) is -1.35. The fraction of sp³-hybridized carbons (Fsp3) is 0.714. The Bertz CT molecular complexity index is 169. The summed E-state index contributed by atoms with van der Waals surface area (Å²) in [7, 11) is 0. The summed E-state index contributed by atoms with van der Waals surface area (Å²) < 4.78 is 4.68. The Balaban J connectivity index is 3.63. The monoisotopic (exact) mass is 192 g/mol. The molecule has 1 N–H and O–H groups in total. The zero-order valence-electron chi connectivity index (χ0n) is 7.07. The molecule has 0 saturated heterocycles. The van der Waals surface area contributed by atoms with Crippen molar-refractivity contribution < 1.29 is 19.4 Å². The van der Waals surface area contributed by atoms with Crippen molar-refractivity contribution in [3.8, 4) is 0 Å². The maximum Gasteiger partial charge on any atom is 0.318 e. The Labute approximate surface area is 75.3 Å². The van der Waals surface area contributed by atoms with Crippen LogP contribution in [0.1, 0.15) is 13.8 Å². The predicted molar refractivity (Wildman–Crippen MR) is 46.2 cm³/mol. The van der Waals surface area contributed by atoms with E-state index >= 15 is 0 Å². The maximum atomic E-state index is 10.9. The molecular formula is C7H12O4S. The molecule has 0 radical (unpaired) electrons. The van der Waals surface area contributed by atoms with Gasteiger partial charge < -0.3 is 9.84 Å². The van der Waals surface area contributed by atoms with E-state index in [1.807, 2.05) is 0 Å². The topological polar surface area (TPSA) is 63.6 Å². The van der Waals surface area contributed by atoms with Gasteiger partial charge in [0.05, 0.1) is 12.4 Å². The molecule has 0 amide bonds. The molecule has 0 aromatic heterocycles. The van der Waals surface area contributed by atoms with Gasteiger partial charge in [0.2, 0.25) is 0 Å². The number of hydrogen-bond acceptors (Lipinski definition) is 4. The smallest absolute Gasteiger partial charge is 0.318 e. The lowest BCUT2D eigenvalue weighted by Crippen LogP contribution is -2.18. The minimum atomic E-state index is -0.920. The van der Waals surface area contributed by atoms with Gasteiger partial charge in [-0.3, -0.25) is 9.59 Å². The van der Waals surface area contributed by atoms with Crippen LogP contribution in [0.25, 0.3) is 0 Å². The van der Waals surface area contributed by atoms with Crippen molar-refractivity contribution in [3.63, 3.8) is 0 Å². The summed E-state index contributed by atoms with van der Waals surface area (Å²) in [6.07, 6.45) is 0. The van der Waals surface area contributed by atoms with Gasteiger partial charge in [0.25, 0.3) is 0 Å². The first-order valence-electron chi connectivity index (χ1n) is 3.58. The van der Waals surface area contributed by atoms with E-state index in [1.165, 1.54) is 0 Å². The molecule has 4 nitrogen and oxygen atoms in total. The number of hydrogen-bond donors (Lipinski definition) is 1. The van der Waals surface area contributed by atoms with Gasteiger partial charge in [-0.1, -0.05) is 0 Å². The lowest BCUT2D eigenvalue weighted by atomic mass is 10.5. The van der Waals surface area contributed by atoms with Gasteiger partial charge >= 0.3 is 11.9 Å². The van der Waals surface area contributed by atoms with Crippen molar-refractivity contribution in [1.29, 1.82) is 0 Å². The summed E-state index contributed by atoms with van der Waals surface area (Å²) in [5.41, 5.74) is 0. The molecule has 0 aromatic rings. The van der Waals surface area contributed by atoms with Crippen LogP contribution < -0.4 is 0 Å². The van der Waals surface area contributed by atoms with Crippen LogP contribution in [0.4, 0.5) is 0 Å². The molecule has 0 aliphatic heterocycles. The molecule has 0 bridgehead atoms. The second-order valence-corrected chi connectivity index (χ2v) is 3.43. The van der Waals surface area contributed by atoms with Crippen LogP contribution in [0.15, 0.2) is 0 Å². The Hall–Kier alpha value is -0.710. The molecule has 1 atom stereocenters. The van der Waals surface area contributed by atoms with Crippen LogP contribution in [0.5, 0.6) is 0 Å². The molecule has 1 unspecified atom stereocenters. The third-order valence-electron chi connectivity index (χ3n) is 1.08. The number of thioether (sulfide) groups is 1. The van der Waals surface area contributed by atoms with Gasteiger partial charge in [0.15, 0.2) is 0 Å². The highest BCUT2D eigenvalue weighted by molar-refractivity contribution is 8.01. The van der Waals surface area contributed by atoms with Crippen molar-refractivity contribution in [1.82, 2.24) is 0 Å². The molecule has 70 valence electrons. The maximum absolute atomic E-state index is 10.9. The minimum Gasteiger partial charge on any atom is -0.481 e. The molecule has 0 aliphatic rings. The molecule has 0 aliphatic carbocycles. The van der Waals surface area contributed by atoms with Crippen LogP contribution in [0, 0.1) is 0 Å². The van der Waals surface area contributed by atoms with Crippen LogP contribution in [0.3, 0.4) is 0 Å². The number of carbonyl (C=O) groups is 2. The van der Waals surface area contributed by atoms with Gasteiger partial charge in [-0.25, -0.2) is 0 Å². The Morgan fingerprint density at radius 1 is 1.58 bits per heavy atom. The van der Waals surface area contributed by atoms with Crippen LogP contribution in [-0.4, -0.2) is 34.7 Å². The lowest BCUT2D eigenvalue weighted by Gasteiger charge is -2.07. The molecule has 0 rings (SSSR count). The molecule has 0 saturated carbocycles. The summed E-state index contributed by atoms with van der Waals surface area (Å²) >= 11 is 1.06. The second kappa shape index (κ2) is 5.88. The number of carbonyl (C=O) groups excluding carboxylic acids is 1. The highest BCUT2D eigenvalue weighted by Crippen LogP contribution is 2.11. The van der Waals surface area contributed by atoms with Crippen molar-refractivity contribution in [2.45, 2.75) is 19.1 Å². The van der Waals surface area contributed by atoms with Gasteiger partial charge in [0.1, 0.15) is 5.25 Å². The van der Waals surface area contributed by atoms with E-state index in [4.69, 9.17) is 5.11 Å². The van der Waals surface area contributed by atoms with Crippen molar-refractivity contribution >= 4 is 23.7 Å². The second-order valence-electron chi connectivity index (χ2n) is 2.10. The van der Waals surface area contributed by atoms with E-state index in [9.17, 15) is 9.59 Å². The van der Waals surface area contributed by atoms with Crippen molar-refractivity contribution in [2.24, 2.45) is 0 Å². The molecule has 12 heavy (non-hydrogen) atoms. The lowest BCUT2D eigenvalue weighted by molar-refractivity contribution is -0.142. The van der Waals surface area contributed by atoms with Gasteiger partial charge in [0, 0.05) is 0 Å². The Morgan fingerprint density at radius 2 is 2.17 bits per heavy atom. The van der Waals surface area contributed by atoms with Gasteiger partial charge in [-0.2, -0.15) is 0 Å². The number of carboxylic acid groups (broad SMARTS) is 1. The van der Waals surface area contributed by atoms with E-state index in [2.05, 4.69) is 4.74 Å². The van der Waals surface area contributed by atoms with E-state index in [0.29, 0.717) is 6.61 Å². The third kappa shape index (κ3) is 5.01. The average molecular weight is 192 g/mol. The fourth-order valence-electron chi connectivity index (χ4n) is 0.524. The predicted octanol–water partition coefficient (Wildman–Crippen LogP) is 0.756. The Morgan fingerprint density at radius 3 is 2.58 bits per heavy atom. The average Bonchev–Trinajstić information content (AvgIpc) is 2.00. The minimum absolute atomic E-state index is 0.0695. The normalized spacial score (nSPS) is 12.2. The zero-order valence-corrected chi connectivity index (χ0v) is 7.89. The van der Waals surface area contributed by atoms with E-state index < -0.39 is 11.2 Å². The number of esters is 1. The first kappa shape index (κ1) is 11.3. The third-order valence-corrected chi connectivity index (χ3v) is 2.18. The standard InChI is InChI=1S/C7H12O4S/c1-3-11-7(10)5(2)12-4-6(8)9/h5H,3-4H2,1-2H3,(H,8,9). The SMILES string of the molecule is CCOC(=O)C(C)SCC(=O)O. The summed E-state index contributed by atoms with van der Waals surface area (Å²) in [4.78, 5) is 21.0. The first-order valence-corrected chi connectivity index (χ1v) is 4.62. The van der Waals surface area contributed by atoms with Crippen LogP contribution in [0.2, 0.25) is 0 Å². The summed E-state index contributed by atoms with van der Waals surface area (Å²) in [6, 6.07) is 0. The van der Waals surface area contributed by atoms with Crippen LogP contribution in [-0.2, 0) is 14.3 Å². The molecule has 0 heterocycles. The highest BCUT2D eigenvalue weighted by Gasteiger charge is 2.15. The van der Waals surface area contributed by atoms with E-state index in [1.54, 1.807) is 13.8 Å². The quantitative estimate of drug-likeness (QED) is 0.651. The number of rotatable bonds is 5. The van der Waals surface area contributed by atoms with Gasteiger partial charge in [-0.15, -0.1) is 11.8 Å². The van der Waals surface area contributed by atoms with Crippen molar-refractivity contribution in [2.75, 3.05) is 12.4 Å². The number of aliphatic carboxylic acids is 1. The molecule has 0 aromatic carbocycles. The Kier molecular flexibility index (Phi) is 5.53. The number of carboxylic acids is 1. The first-order chi connectivity index (χ1) is 5.57. The molecular weight excluding hydrogens is 180 g/mol. The van der Waals surface area contributed by atoms with Crippen molar-refractivity contribution in [3.05, 3.63) is 0 Å². The molecule has 5 heteroatoms. The largest absolute Gasteiger partial charge is 0.481 e. The summed E-state index contributed by atoms with van der Waals surface area (Å²) in [6.45, 7) is 3.68. The van der Waals surface area contributed by atoms with Gasteiger partial charge in [-0.05, 0) is 13.8 Å². The molecule has 0 spiro atoms. The van der Waals surface area contributed by atoms with Crippen LogP contribution >= 0.6 is 11.8 Å².